The number of benzene rings is 1. The third-order valence-electron chi connectivity index (χ3n) is 5.17. The lowest BCUT2D eigenvalue weighted by Gasteiger charge is -2.37. The second kappa shape index (κ2) is 6.69. The normalized spacial score (nSPS) is 27.6. The molecule has 0 bridgehead atoms. The van der Waals surface area contributed by atoms with Gasteiger partial charge in [0.1, 0.15) is 0 Å². The summed E-state index contributed by atoms with van der Waals surface area (Å²) in [4.78, 5) is 5.03. The van der Waals surface area contributed by atoms with Crippen LogP contribution in [0.3, 0.4) is 0 Å². The van der Waals surface area contributed by atoms with Crippen LogP contribution in [0.5, 0.6) is 0 Å². The summed E-state index contributed by atoms with van der Waals surface area (Å²) in [6.07, 6.45) is 6.54. The van der Waals surface area contributed by atoms with Crippen molar-refractivity contribution in [2.24, 2.45) is 0 Å². The molecule has 0 radical (unpaired) electrons. The molecule has 2 fully saturated rings. The predicted octanol–water partition coefficient (Wildman–Crippen LogP) is 3.57. The molecule has 3 rings (SSSR count). The monoisotopic (exact) mass is 287 g/mol. The number of hydrogen-bond donors (Lipinski definition) is 1. The van der Waals surface area contributed by atoms with Crippen LogP contribution in [0.4, 0.5) is 11.4 Å². The number of rotatable bonds is 3. The van der Waals surface area contributed by atoms with Gasteiger partial charge in [0.15, 0.2) is 0 Å². The van der Waals surface area contributed by atoms with Gasteiger partial charge < -0.3 is 15.1 Å². The molecule has 0 saturated carbocycles. The number of para-hydroxylation sites is 2. The largest absolute Gasteiger partial charge is 0.381 e. The van der Waals surface area contributed by atoms with Gasteiger partial charge >= 0.3 is 0 Å². The zero-order chi connectivity index (χ0) is 14.7. The van der Waals surface area contributed by atoms with Crippen LogP contribution < -0.4 is 10.2 Å². The van der Waals surface area contributed by atoms with Gasteiger partial charge in [0, 0.05) is 31.7 Å². The van der Waals surface area contributed by atoms with Crippen LogP contribution in [0.2, 0.25) is 0 Å². The van der Waals surface area contributed by atoms with Crippen molar-refractivity contribution < 1.29 is 0 Å². The maximum absolute atomic E-state index is 3.83. The number of nitrogens with zero attached hydrogens (tertiary/aromatic N) is 2. The molecule has 2 aliphatic rings. The van der Waals surface area contributed by atoms with Gasteiger partial charge in [-0.05, 0) is 58.2 Å². The lowest BCUT2D eigenvalue weighted by Crippen LogP contribution is -2.42. The highest BCUT2D eigenvalue weighted by Crippen LogP contribution is 2.30. The van der Waals surface area contributed by atoms with Gasteiger partial charge in [-0.25, -0.2) is 0 Å². The van der Waals surface area contributed by atoms with Crippen LogP contribution in [-0.2, 0) is 0 Å². The van der Waals surface area contributed by atoms with E-state index in [1.54, 1.807) is 0 Å². The smallest absolute Gasteiger partial charge is 0.0602 e. The summed E-state index contributed by atoms with van der Waals surface area (Å²) in [5, 5.41) is 3.83. The molecule has 0 spiro atoms. The highest BCUT2D eigenvalue weighted by molar-refractivity contribution is 5.70. The van der Waals surface area contributed by atoms with Gasteiger partial charge in [-0.1, -0.05) is 12.1 Å². The SMILES string of the molecule is CC1CC(Nc2ccccc2N2CCCCC2)CCN1C. The van der Waals surface area contributed by atoms with Crippen LogP contribution in [0.25, 0.3) is 0 Å². The first kappa shape index (κ1) is 14.7. The number of nitrogens with one attached hydrogen (secondary N) is 1. The molecule has 3 nitrogen and oxygen atoms in total. The van der Waals surface area contributed by atoms with E-state index in [0.717, 1.165) is 0 Å². The van der Waals surface area contributed by atoms with Crippen LogP contribution in [0.15, 0.2) is 24.3 Å². The molecule has 116 valence electrons. The van der Waals surface area contributed by atoms with Crippen molar-refractivity contribution in [3.63, 3.8) is 0 Å². The third-order valence-corrected chi connectivity index (χ3v) is 5.17. The minimum absolute atomic E-state index is 0.613. The van der Waals surface area contributed by atoms with Gasteiger partial charge in [0.05, 0.1) is 11.4 Å². The quantitative estimate of drug-likeness (QED) is 0.917. The highest BCUT2D eigenvalue weighted by atomic mass is 15.2. The summed E-state index contributed by atoms with van der Waals surface area (Å²) in [5.41, 5.74) is 2.74. The van der Waals surface area contributed by atoms with E-state index < -0.39 is 0 Å². The maximum atomic E-state index is 3.83. The molecule has 2 atom stereocenters. The van der Waals surface area contributed by atoms with Crippen molar-refractivity contribution in [2.75, 3.05) is 36.9 Å². The molecule has 0 amide bonds. The number of piperidine rings is 2. The second-order valence-corrected chi connectivity index (χ2v) is 6.76. The Labute approximate surface area is 129 Å². The minimum atomic E-state index is 0.613. The Kier molecular flexibility index (Phi) is 4.69. The van der Waals surface area contributed by atoms with Crippen molar-refractivity contribution in [2.45, 2.75) is 51.1 Å². The molecule has 2 aliphatic heterocycles. The molecule has 0 aliphatic carbocycles. The van der Waals surface area contributed by atoms with E-state index in [-0.39, 0.29) is 0 Å². The molecule has 0 aromatic heterocycles. The standard InChI is InChI=1S/C18H29N3/c1-15-14-16(10-13-20(15)2)19-17-8-4-5-9-18(17)21-11-6-3-7-12-21/h4-5,8-9,15-16,19H,3,6-7,10-14H2,1-2H3. The van der Waals surface area contributed by atoms with Crippen molar-refractivity contribution in [3.8, 4) is 0 Å². The van der Waals surface area contributed by atoms with Crippen LogP contribution in [0, 0.1) is 0 Å². The van der Waals surface area contributed by atoms with E-state index in [0.29, 0.717) is 12.1 Å². The second-order valence-electron chi connectivity index (χ2n) is 6.76. The van der Waals surface area contributed by atoms with Gasteiger partial charge in [-0.3, -0.25) is 0 Å². The Morgan fingerprint density at radius 2 is 1.81 bits per heavy atom. The van der Waals surface area contributed by atoms with E-state index in [2.05, 4.69) is 53.4 Å². The van der Waals surface area contributed by atoms with Crippen LogP contribution in [-0.4, -0.2) is 43.7 Å². The Bertz CT molecular complexity index is 454. The van der Waals surface area contributed by atoms with E-state index >= 15 is 0 Å². The number of hydrogen-bond acceptors (Lipinski definition) is 3. The van der Waals surface area contributed by atoms with Gasteiger partial charge in [0.25, 0.3) is 0 Å². The van der Waals surface area contributed by atoms with Gasteiger partial charge in [-0.15, -0.1) is 0 Å². The summed E-state index contributed by atoms with van der Waals surface area (Å²) in [6, 6.07) is 10.2. The fraction of sp³-hybridized carbons (Fsp3) is 0.667. The minimum Gasteiger partial charge on any atom is -0.381 e. The lowest BCUT2D eigenvalue weighted by atomic mass is 9.98. The topological polar surface area (TPSA) is 18.5 Å². The molecular formula is C18H29N3. The Morgan fingerprint density at radius 3 is 2.57 bits per heavy atom. The summed E-state index contributed by atoms with van der Waals surface area (Å²) in [6.45, 7) is 5.96. The summed E-state index contributed by atoms with van der Waals surface area (Å²) in [5.74, 6) is 0. The van der Waals surface area contributed by atoms with Crippen molar-refractivity contribution >= 4 is 11.4 Å². The zero-order valence-electron chi connectivity index (χ0n) is 13.5. The van der Waals surface area contributed by atoms with Crippen LogP contribution in [0.1, 0.15) is 39.0 Å². The molecule has 2 saturated heterocycles. The molecule has 1 N–H and O–H groups in total. The molecule has 1 aromatic carbocycles. The fourth-order valence-electron chi connectivity index (χ4n) is 3.65. The molecule has 1 aromatic rings. The zero-order valence-corrected chi connectivity index (χ0v) is 13.5. The number of likely N-dealkylation sites (tertiary alicyclic amines) is 1. The summed E-state index contributed by atoms with van der Waals surface area (Å²) in [7, 11) is 2.24. The Balaban J connectivity index is 1.70. The molecule has 21 heavy (non-hydrogen) atoms. The van der Waals surface area contributed by atoms with E-state index in [4.69, 9.17) is 0 Å². The van der Waals surface area contributed by atoms with Crippen molar-refractivity contribution in [3.05, 3.63) is 24.3 Å². The molecule has 2 unspecified atom stereocenters. The van der Waals surface area contributed by atoms with E-state index in [1.807, 2.05) is 0 Å². The van der Waals surface area contributed by atoms with E-state index in [9.17, 15) is 0 Å². The molecule has 2 heterocycles. The van der Waals surface area contributed by atoms with Gasteiger partial charge in [0.2, 0.25) is 0 Å². The average Bonchev–Trinajstić information content (AvgIpc) is 2.52. The first-order valence-corrected chi connectivity index (χ1v) is 8.55. The predicted molar refractivity (Wildman–Crippen MR) is 91.2 cm³/mol. The van der Waals surface area contributed by atoms with Crippen LogP contribution >= 0.6 is 0 Å². The van der Waals surface area contributed by atoms with Crippen molar-refractivity contribution in [1.29, 1.82) is 0 Å². The maximum Gasteiger partial charge on any atom is 0.0602 e. The Hall–Kier alpha value is -1.22. The third kappa shape index (κ3) is 3.52. The van der Waals surface area contributed by atoms with Crippen molar-refractivity contribution in [1.82, 2.24) is 4.90 Å². The average molecular weight is 287 g/mol. The lowest BCUT2D eigenvalue weighted by molar-refractivity contribution is 0.190. The Morgan fingerprint density at radius 1 is 1.05 bits per heavy atom. The first-order chi connectivity index (χ1) is 10.2. The van der Waals surface area contributed by atoms with E-state index in [1.165, 1.54) is 63.1 Å². The first-order valence-electron chi connectivity index (χ1n) is 8.55. The summed E-state index contributed by atoms with van der Waals surface area (Å²) >= 11 is 0. The molecule has 3 heteroatoms. The number of anilines is 2. The highest BCUT2D eigenvalue weighted by Gasteiger charge is 2.23. The fourth-order valence-corrected chi connectivity index (χ4v) is 3.65. The summed E-state index contributed by atoms with van der Waals surface area (Å²) < 4.78 is 0. The molecular weight excluding hydrogens is 258 g/mol. The van der Waals surface area contributed by atoms with Gasteiger partial charge in [-0.2, -0.15) is 0 Å².